The zero-order chi connectivity index (χ0) is 14.7. The van der Waals surface area contributed by atoms with Gasteiger partial charge in [0, 0.05) is 29.1 Å². The number of hydrogen-bond acceptors (Lipinski definition) is 4. The lowest BCUT2D eigenvalue weighted by Gasteiger charge is -2.39. The Hall–Kier alpha value is -0.360. The Labute approximate surface area is 135 Å². The molecule has 0 aromatic heterocycles. The maximum atomic E-state index is 12.7. The molecular weight excluding hydrogens is 304 g/mol. The highest BCUT2D eigenvalue weighted by molar-refractivity contribution is 8.06. The van der Waals surface area contributed by atoms with Crippen molar-refractivity contribution in [2.45, 2.75) is 43.4 Å². The van der Waals surface area contributed by atoms with E-state index in [9.17, 15) is 9.59 Å². The Morgan fingerprint density at radius 1 is 1.14 bits per heavy atom. The van der Waals surface area contributed by atoms with E-state index in [1.165, 1.54) is 25.0 Å². The number of carbonyl (C=O) groups is 2. The van der Waals surface area contributed by atoms with E-state index in [0.29, 0.717) is 11.2 Å². The average Bonchev–Trinajstić information content (AvgIpc) is 2.52. The lowest BCUT2D eigenvalue weighted by molar-refractivity contribution is -0.146. The number of nitrogens with zero attached hydrogens (tertiary/aromatic N) is 1. The van der Waals surface area contributed by atoms with Gasteiger partial charge in [-0.15, -0.1) is 0 Å². The monoisotopic (exact) mass is 328 g/mol. The minimum absolute atomic E-state index is 0.0265. The molecule has 3 rings (SSSR count). The molecule has 6 heteroatoms. The molecule has 0 radical (unpaired) electrons. The summed E-state index contributed by atoms with van der Waals surface area (Å²) in [5.41, 5.74) is 0. The molecule has 21 heavy (non-hydrogen) atoms. The van der Waals surface area contributed by atoms with E-state index in [0.717, 1.165) is 30.9 Å². The fourth-order valence-corrected chi connectivity index (χ4v) is 6.24. The summed E-state index contributed by atoms with van der Waals surface area (Å²) in [5.74, 6) is 4.02. The molecule has 2 amide bonds. The van der Waals surface area contributed by atoms with Gasteiger partial charge < -0.3 is 10.2 Å². The van der Waals surface area contributed by atoms with Gasteiger partial charge in [-0.05, 0) is 18.8 Å². The quantitative estimate of drug-likeness (QED) is 0.857. The molecule has 0 aromatic carbocycles. The molecule has 1 saturated carbocycles. The van der Waals surface area contributed by atoms with Crippen molar-refractivity contribution in [1.29, 1.82) is 0 Å². The van der Waals surface area contributed by atoms with Crippen molar-refractivity contribution in [2.24, 2.45) is 5.92 Å². The summed E-state index contributed by atoms with van der Waals surface area (Å²) in [4.78, 5) is 26.6. The van der Waals surface area contributed by atoms with Gasteiger partial charge in [-0.3, -0.25) is 9.59 Å². The molecule has 2 atom stereocenters. The Kier molecular flexibility index (Phi) is 5.38. The van der Waals surface area contributed by atoms with Crippen LogP contribution in [-0.4, -0.2) is 58.4 Å². The van der Waals surface area contributed by atoms with E-state index in [-0.39, 0.29) is 24.4 Å². The van der Waals surface area contributed by atoms with Crippen molar-refractivity contribution in [3.8, 4) is 0 Å². The van der Waals surface area contributed by atoms with Crippen LogP contribution in [0.5, 0.6) is 0 Å². The molecule has 2 heterocycles. The first-order valence-electron chi connectivity index (χ1n) is 8.01. The third-order valence-electron chi connectivity index (χ3n) is 4.66. The van der Waals surface area contributed by atoms with E-state index >= 15 is 0 Å². The van der Waals surface area contributed by atoms with Crippen LogP contribution in [0.1, 0.15) is 32.1 Å². The van der Waals surface area contributed by atoms with Crippen LogP contribution in [0.3, 0.4) is 0 Å². The minimum Gasteiger partial charge on any atom is -0.342 e. The standard InChI is InChI=1S/C15H24N2O2S2/c18-13-9-17(8-12-10-20-6-7-21-12)15(19)14(16-13)11-4-2-1-3-5-11/h11-12,14H,1-10H2,(H,16,18). The number of amides is 2. The van der Waals surface area contributed by atoms with Crippen LogP contribution in [-0.2, 0) is 9.59 Å². The van der Waals surface area contributed by atoms with Gasteiger partial charge in [-0.1, -0.05) is 19.3 Å². The van der Waals surface area contributed by atoms with Crippen molar-refractivity contribution >= 4 is 35.3 Å². The first-order valence-corrected chi connectivity index (χ1v) is 10.2. The normalized spacial score (nSPS) is 32.1. The summed E-state index contributed by atoms with van der Waals surface area (Å²) >= 11 is 3.91. The SMILES string of the molecule is O=C1CN(CC2CSCCS2)C(=O)C(C2CCCCC2)N1. The second-order valence-electron chi connectivity index (χ2n) is 6.23. The molecule has 1 N–H and O–H groups in total. The second kappa shape index (κ2) is 7.27. The highest BCUT2D eigenvalue weighted by Gasteiger charge is 2.38. The fraction of sp³-hybridized carbons (Fsp3) is 0.867. The fourth-order valence-electron chi connectivity index (χ4n) is 3.56. The predicted octanol–water partition coefficient (Wildman–Crippen LogP) is 1.74. The van der Waals surface area contributed by atoms with Gasteiger partial charge in [0.05, 0.1) is 6.54 Å². The summed E-state index contributed by atoms with van der Waals surface area (Å²) < 4.78 is 0. The summed E-state index contributed by atoms with van der Waals surface area (Å²) in [5, 5.41) is 3.45. The summed E-state index contributed by atoms with van der Waals surface area (Å²) in [6, 6.07) is -0.257. The van der Waals surface area contributed by atoms with E-state index in [4.69, 9.17) is 0 Å². The van der Waals surface area contributed by atoms with Crippen molar-refractivity contribution in [3.05, 3.63) is 0 Å². The van der Waals surface area contributed by atoms with Gasteiger partial charge >= 0.3 is 0 Å². The lowest BCUT2D eigenvalue weighted by Crippen LogP contribution is -2.61. The number of piperazine rings is 1. The Morgan fingerprint density at radius 3 is 2.67 bits per heavy atom. The number of nitrogens with one attached hydrogen (secondary N) is 1. The average molecular weight is 329 g/mol. The second-order valence-corrected chi connectivity index (χ2v) is 8.79. The van der Waals surface area contributed by atoms with Gasteiger partial charge in [0.15, 0.2) is 0 Å². The molecule has 3 aliphatic rings. The van der Waals surface area contributed by atoms with E-state index in [2.05, 4.69) is 5.32 Å². The van der Waals surface area contributed by atoms with Gasteiger partial charge in [0.1, 0.15) is 6.04 Å². The molecular formula is C15H24N2O2S2. The molecule has 3 fully saturated rings. The van der Waals surface area contributed by atoms with Gasteiger partial charge in [0.2, 0.25) is 11.8 Å². The van der Waals surface area contributed by atoms with Crippen LogP contribution in [0.2, 0.25) is 0 Å². The van der Waals surface area contributed by atoms with Crippen molar-refractivity contribution < 1.29 is 9.59 Å². The maximum absolute atomic E-state index is 12.7. The predicted molar refractivity (Wildman–Crippen MR) is 88.7 cm³/mol. The topological polar surface area (TPSA) is 49.4 Å². The number of hydrogen-bond donors (Lipinski definition) is 1. The van der Waals surface area contributed by atoms with Crippen LogP contribution in [0.4, 0.5) is 0 Å². The lowest BCUT2D eigenvalue weighted by atomic mass is 9.82. The number of rotatable bonds is 3. The van der Waals surface area contributed by atoms with E-state index in [1.807, 2.05) is 28.4 Å². The maximum Gasteiger partial charge on any atom is 0.245 e. The van der Waals surface area contributed by atoms with Crippen LogP contribution < -0.4 is 5.32 Å². The number of thioether (sulfide) groups is 2. The van der Waals surface area contributed by atoms with Crippen LogP contribution in [0.25, 0.3) is 0 Å². The molecule has 1 aliphatic carbocycles. The Balaban J connectivity index is 1.63. The molecule has 0 aromatic rings. The summed E-state index contributed by atoms with van der Waals surface area (Å²) in [7, 11) is 0. The third-order valence-corrected chi connectivity index (χ3v) is 7.49. The summed E-state index contributed by atoms with van der Waals surface area (Å²) in [6.07, 6.45) is 5.82. The molecule has 2 unspecified atom stereocenters. The highest BCUT2D eigenvalue weighted by Crippen LogP contribution is 2.29. The first kappa shape index (κ1) is 15.5. The zero-order valence-electron chi connectivity index (χ0n) is 12.4. The largest absolute Gasteiger partial charge is 0.342 e. The van der Waals surface area contributed by atoms with Crippen molar-refractivity contribution in [2.75, 3.05) is 30.3 Å². The molecule has 0 bridgehead atoms. The zero-order valence-corrected chi connectivity index (χ0v) is 14.0. The van der Waals surface area contributed by atoms with Gasteiger partial charge in [-0.2, -0.15) is 23.5 Å². The van der Waals surface area contributed by atoms with E-state index in [1.54, 1.807) is 0 Å². The first-order chi connectivity index (χ1) is 10.2. The van der Waals surface area contributed by atoms with E-state index < -0.39 is 0 Å². The highest BCUT2D eigenvalue weighted by atomic mass is 32.2. The number of carbonyl (C=O) groups excluding carboxylic acids is 2. The molecule has 2 aliphatic heterocycles. The van der Waals surface area contributed by atoms with Crippen molar-refractivity contribution in [1.82, 2.24) is 10.2 Å². The van der Waals surface area contributed by atoms with Gasteiger partial charge in [-0.25, -0.2) is 0 Å². The molecule has 4 nitrogen and oxygen atoms in total. The minimum atomic E-state index is -0.257. The van der Waals surface area contributed by atoms with Gasteiger partial charge in [0.25, 0.3) is 0 Å². The summed E-state index contributed by atoms with van der Waals surface area (Å²) in [6.45, 7) is 0.997. The van der Waals surface area contributed by atoms with Crippen LogP contribution in [0, 0.1) is 5.92 Å². The smallest absolute Gasteiger partial charge is 0.245 e. The van der Waals surface area contributed by atoms with Crippen molar-refractivity contribution in [3.63, 3.8) is 0 Å². The van der Waals surface area contributed by atoms with Crippen LogP contribution >= 0.6 is 23.5 Å². The van der Waals surface area contributed by atoms with Crippen LogP contribution in [0.15, 0.2) is 0 Å². The Bertz CT molecular complexity index is 393. The molecule has 0 spiro atoms. The molecule has 2 saturated heterocycles. The Morgan fingerprint density at radius 2 is 1.95 bits per heavy atom. The molecule has 118 valence electrons. The third kappa shape index (κ3) is 3.89.